The van der Waals surface area contributed by atoms with Crippen molar-refractivity contribution in [3.05, 3.63) is 77.9 Å². The molecule has 4 rings (SSSR count). The largest absolute Gasteiger partial charge is 0.513 e. The van der Waals surface area contributed by atoms with E-state index in [1.165, 1.54) is 32.7 Å². The Kier molecular flexibility index (Phi) is 8.27. The first kappa shape index (κ1) is 25.5. The lowest BCUT2D eigenvalue weighted by Gasteiger charge is -2.15. The maximum Gasteiger partial charge on any atom is 0.513 e. The quantitative estimate of drug-likeness (QED) is 0.245. The van der Waals surface area contributed by atoms with Crippen molar-refractivity contribution >= 4 is 41.0 Å². The van der Waals surface area contributed by atoms with Crippen molar-refractivity contribution in [2.45, 2.75) is 13.5 Å². The summed E-state index contributed by atoms with van der Waals surface area (Å²) in [5.41, 5.74) is 2.07. The van der Waals surface area contributed by atoms with Crippen molar-refractivity contribution in [3.8, 4) is 17.2 Å². The first-order valence-corrected chi connectivity index (χ1v) is 10.3. The molecule has 35 heavy (non-hydrogen) atoms. The molecule has 0 saturated carbocycles. The molecule has 0 amide bonds. The number of nitrogens with one attached hydrogen (secondary N) is 1. The van der Waals surface area contributed by atoms with Gasteiger partial charge in [0, 0.05) is 17.5 Å². The number of methoxy groups -OCH3 is 2. The molecule has 0 aliphatic heterocycles. The summed E-state index contributed by atoms with van der Waals surface area (Å²) in [5, 5.41) is 3.53. The standard InChI is InChI=1S/C25H22FN3O5.ClH/c1-15-9-18(26)20(12-21(15)34-25(30)32-3)29-24-17-10-22(31-2)23(11-19(17)27-14-28-24)33-13-16-7-5-4-6-8-16;/h4-12,14H,13H2,1-3H3,(H,27,28,29);1H. The Balaban J connectivity index is 0.00000342. The van der Waals surface area contributed by atoms with E-state index in [-0.39, 0.29) is 23.8 Å². The molecular weight excluding hydrogens is 477 g/mol. The number of benzene rings is 3. The van der Waals surface area contributed by atoms with E-state index in [4.69, 9.17) is 14.2 Å². The molecule has 0 spiro atoms. The summed E-state index contributed by atoms with van der Waals surface area (Å²) in [6.07, 6.45) is 0.455. The van der Waals surface area contributed by atoms with E-state index in [1.807, 2.05) is 30.3 Å². The molecule has 0 atom stereocenters. The first-order chi connectivity index (χ1) is 16.5. The van der Waals surface area contributed by atoms with E-state index in [2.05, 4.69) is 20.0 Å². The fraction of sp³-hybridized carbons (Fsp3) is 0.160. The van der Waals surface area contributed by atoms with Crippen molar-refractivity contribution in [1.29, 1.82) is 0 Å². The van der Waals surface area contributed by atoms with Gasteiger partial charge < -0.3 is 24.3 Å². The Labute approximate surface area is 207 Å². The Morgan fingerprint density at radius 3 is 2.49 bits per heavy atom. The highest BCUT2D eigenvalue weighted by Gasteiger charge is 2.16. The lowest BCUT2D eigenvalue weighted by atomic mass is 10.1. The molecule has 0 saturated heterocycles. The molecule has 8 nitrogen and oxygen atoms in total. The summed E-state index contributed by atoms with van der Waals surface area (Å²) in [6.45, 7) is 1.98. The smallest absolute Gasteiger partial charge is 0.493 e. The molecule has 0 radical (unpaired) electrons. The number of ether oxygens (including phenoxy) is 4. The zero-order valence-electron chi connectivity index (χ0n) is 19.2. The molecule has 182 valence electrons. The number of aryl methyl sites for hydroxylation is 1. The minimum atomic E-state index is -0.902. The Morgan fingerprint density at radius 2 is 1.77 bits per heavy atom. The highest BCUT2D eigenvalue weighted by atomic mass is 35.5. The number of halogens is 2. The normalized spacial score (nSPS) is 10.3. The number of aromatic nitrogens is 2. The number of anilines is 2. The molecule has 3 aromatic carbocycles. The third-order valence-corrected chi connectivity index (χ3v) is 5.04. The predicted molar refractivity (Wildman–Crippen MR) is 132 cm³/mol. The van der Waals surface area contributed by atoms with Gasteiger partial charge in [-0.2, -0.15) is 0 Å². The van der Waals surface area contributed by atoms with Gasteiger partial charge in [0.15, 0.2) is 11.5 Å². The van der Waals surface area contributed by atoms with Crippen LogP contribution in [0.25, 0.3) is 10.9 Å². The van der Waals surface area contributed by atoms with Gasteiger partial charge in [-0.05, 0) is 30.2 Å². The molecule has 1 heterocycles. The zero-order valence-corrected chi connectivity index (χ0v) is 20.0. The Hall–Kier alpha value is -4.11. The van der Waals surface area contributed by atoms with Crippen LogP contribution in [0.15, 0.2) is 60.9 Å². The number of nitrogens with zero attached hydrogens (tertiary/aromatic N) is 2. The van der Waals surface area contributed by atoms with Gasteiger partial charge in [0.05, 0.1) is 25.4 Å². The van der Waals surface area contributed by atoms with Gasteiger partial charge in [0.1, 0.15) is 30.3 Å². The number of hydrogen-bond donors (Lipinski definition) is 1. The second-order valence-corrected chi connectivity index (χ2v) is 7.30. The monoisotopic (exact) mass is 499 g/mol. The fourth-order valence-electron chi connectivity index (χ4n) is 3.29. The van der Waals surface area contributed by atoms with E-state index in [0.29, 0.717) is 40.4 Å². The molecule has 1 aromatic heterocycles. The summed E-state index contributed by atoms with van der Waals surface area (Å²) in [7, 11) is 2.72. The highest BCUT2D eigenvalue weighted by Crippen LogP contribution is 2.36. The van der Waals surface area contributed by atoms with E-state index in [1.54, 1.807) is 19.1 Å². The van der Waals surface area contributed by atoms with Crippen LogP contribution >= 0.6 is 12.4 Å². The minimum absolute atomic E-state index is 0. The van der Waals surface area contributed by atoms with Crippen LogP contribution in [0.4, 0.5) is 20.7 Å². The van der Waals surface area contributed by atoms with Crippen molar-refractivity contribution in [3.63, 3.8) is 0 Å². The van der Waals surface area contributed by atoms with Crippen LogP contribution in [-0.4, -0.2) is 30.3 Å². The van der Waals surface area contributed by atoms with Crippen LogP contribution in [0.1, 0.15) is 11.1 Å². The maximum atomic E-state index is 14.7. The molecule has 4 aromatic rings. The third-order valence-electron chi connectivity index (χ3n) is 5.04. The Bertz CT molecular complexity index is 1340. The van der Waals surface area contributed by atoms with E-state index in [9.17, 15) is 9.18 Å². The summed E-state index contributed by atoms with van der Waals surface area (Å²) >= 11 is 0. The van der Waals surface area contributed by atoms with Crippen molar-refractivity contribution < 1.29 is 28.1 Å². The van der Waals surface area contributed by atoms with E-state index < -0.39 is 12.0 Å². The molecular formula is C25H23ClFN3O5. The van der Waals surface area contributed by atoms with Gasteiger partial charge in [0.25, 0.3) is 0 Å². The average molecular weight is 500 g/mol. The molecule has 0 unspecified atom stereocenters. The van der Waals surface area contributed by atoms with Gasteiger partial charge in [-0.15, -0.1) is 12.4 Å². The molecule has 0 aliphatic rings. The molecule has 0 fully saturated rings. The molecule has 1 N–H and O–H groups in total. The summed E-state index contributed by atoms with van der Waals surface area (Å²) < 4.78 is 35.8. The minimum Gasteiger partial charge on any atom is -0.493 e. The first-order valence-electron chi connectivity index (χ1n) is 10.3. The van der Waals surface area contributed by atoms with Gasteiger partial charge in [-0.1, -0.05) is 30.3 Å². The van der Waals surface area contributed by atoms with Crippen LogP contribution in [0.5, 0.6) is 17.2 Å². The number of carbonyl (C=O) groups excluding carboxylic acids is 1. The van der Waals surface area contributed by atoms with Crippen LogP contribution in [0.2, 0.25) is 0 Å². The van der Waals surface area contributed by atoms with Gasteiger partial charge in [-0.25, -0.2) is 19.2 Å². The zero-order chi connectivity index (χ0) is 24.1. The van der Waals surface area contributed by atoms with E-state index in [0.717, 1.165) is 5.56 Å². The van der Waals surface area contributed by atoms with Gasteiger partial charge in [0.2, 0.25) is 0 Å². The highest BCUT2D eigenvalue weighted by molar-refractivity contribution is 5.93. The molecule has 0 aliphatic carbocycles. The van der Waals surface area contributed by atoms with Crippen molar-refractivity contribution in [2.75, 3.05) is 19.5 Å². The topological polar surface area (TPSA) is 91.8 Å². The summed E-state index contributed by atoms with van der Waals surface area (Å²) in [6, 6.07) is 15.8. The second-order valence-electron chi connectivity index (χ2n) is 7.30. The van der Waals surface area contributed by atoms with Crippen LogP contribution in [-0.2, 0) is 11.3 Å². The van der Waals surface area contributed by atoms with E-state index >= 15 is 0 Å². The second kappa shape index (κ2) is 11.3. The average Bonchev–Trinajstić information content (AvgIpc) is 2.85. The van der Waals surface area contributed by atoms with Crippen LogP contribution in [0.3, 0.4) is 0 Å². The van der Waals surface area contributed by atoms with Gasteiger partial charge in [-0.3, -0.25) is 0 Å². The Morgan fingerprint density at radius 1 is 1.00 bits per heavy atom. The lowest BCUT2D eigenvalue weighted by molar-refractivity contribution is 0.121. The molecule has 10 heteroatoms. The maximum absolute atomic E-state index is 14.7. The SMILES string of the molecule is COC(=O)Oc1cc(Nc2ncnc3cc(OCc4ccccc4)c(OC)cc23)c(F)cc1C.Cl. The predicted octanol–water partition coefficient (Wildman–Crippen LogP) is 5.98. The fourth-order valence-corrected chi connectivity index (χ4v) is 3.29. The van der Waals surface area contributed by atoms with Crippen molar-refractivity contribution in [1.82, 2.24) is 9.97 Å². The van der Waals surface area contributed by atoms with Crippen LogP contribution in [0, 0.1) is 12.7 Å². The third kappa shape index (κ3) is 5.88. The molecule has 0 bridgehead atoms. The van der Waals surface area contributed by atoms with Crippen LogP contribution < -0.4 is 19.5 Å². The van der Waals surface area contributed by atoms with Crippen molar-refractivity contribution in [2.24, 2.45) is 0 Å². The summed E-state index contributed by atoms with van der Waals surface area (Å²) in [5.74, 6) is 0.934. The lowest BCUT2D eigenvalue weighted by Crippen LogP contribution is -2.09. The number of rotatable bonds is 7. The number of fused-ring (bicyclic) bond motifs is 1. The number of hydrogen-bond acceptors (Lipinski definition) is 8. The summed E-state index contributed by atoms with van der Waals surface area (Å²) in [4.78, 5) is 20.1. The number of carbonyl (C=O) groups is 1. The van der Waals surface area contributed by atoms with Gasteiger partial charge >= 0.3 is 6.16 Å².